The molecule has 2 aromatic carbocycles. The smallest absolute Gasteiger partial charge is 0.140 e. The second-order valence-electron chi connectivity index (χ2n) is 5.21. The van der Waals surface area contributed by atoms with Crippen LogP contribution in [0.3, 0.4) is 0 Å². The quantitative estimate of drug-likeness (QED) is 0.649. The van der Waals surface area contributed by atoms with Crippen LogP contribution >= 0.6 is 11.6 Å². The van der Waals surface area contributed by atoms with Crippen LogP contribution in [-0.4, -0.2) is 5.16 Å². The van der Waals surface area contributed by atoms with E-state index in [-0.39, 0.29) is 5.92 Å². The van der Waals surface area contributed by atoms with E-state index in [1.165, 1.54) is 5.56 Å². The average Bonchev–Trinajstić information content (AvgIpc) is 3.00. The van der Waals surface area contributed by atoms with Crippen LogP contribution in [0, 0.1) is 0 Å². The van der Waals surface area contributed by atoms with Crippen LogP contribution in [0.1, 0.15) is 24.2 Å². The Morgan fingerprint density at radius 3 is 2.48 bits per heavy atom. The molecular formula is C18H16ClNO. The van der Waals surface area contributed by atoms with Gasteiger partial charge in [-0.15, -0.1) is 0 Å². The Balaban J connectivity index is 1.75. The summed E-state index contributed by atoms with van der Waals surface area (Å²) in [5, 5.41) is 4.93. The molecule has 0 aliphatic rings. The zero-order chi connectivity index (χ0) is 14.7. The molecule has 1 heterocycles. The SMILES string of the molecule is C[C@H](Cc1ccc(Cl)cc1)c1cc(-c2ccccc2)no1. The van der Waals surface area contributed by atoms with Crippen molar-refractivity contribution in [3.63, 3.8) is 0 Å². The lowest BCUT2D eigenvalue weighted by Gasteiger charge is -2.07. The second kappa shape index (κ2) is 6.15. The number of nitrogens with zero attached hydrogens (tertiary/aromatic N) is 1. The first-order valence-corrected chi connectivity index (χ1v) is 7.36. The fraction of sp³-hybridized carbons (Fsp3) is 0.167. The fourth-order valence-electron chi connectivity index (χ4n) is 2.34. The van der Waals surface area contributed by atoms with Crippen molar-refractivity contribution in [2.75, 3.05) is 0 Å². The first kappa shape index (κ1) is 13.9. The van der Waals surface area contributed by atoms with Crippen molar-refractivity contribution >= 4 is 11.6 Å². The number of rotatable bonds is 4. The van der Waals surface area contributed by atoms with Gasteiger partial charge < -0.3 is 4.52 Å². The first-order valence-electron chi connectivity index (χ1n) is 6.99. The summed E-state index contributed by atoms with van der Waals surface area (Å²) in [7, 11) is 0. The van der Waals surface area contributed by atoms with E-state index < -0.39 is 0 Å². The van der Waals surface area contributed by atoms with Gasteiger partial charge in [-0.25, -0.2) is 0 Å². The summed E-state index contributed by atoms with van der Waals surface area (Å²) in [6, 6.07) is 20.0. The van der Waals surface area contributed by atoms with Crippen molar-refractivity contribution in [2.45, 2.75) is 19.3 Å². The molecule has 0 fully saturated rings. The maximum atomic E-state index is 5.91. The van der Waals surface area contributed by atoms with E-state index in [1.54, 1.807) is 0 Å². The van der Waals surface area contributed by atoms with E-state index in [2.05, 4.69) is 12.1 Å². The number of benzene rings is 2. The zero-order valence-electron chi connectivity index (χ0n) is 11.8. The standard InChI is InChI=1S/C18H16ClNO/c1-13(11-14-7-9-16(19)10-8-14)18-12-17(20-21-18)15-5-3-2-4-6-15/h2-10,12-13H,11H2,1H3/t13-/m1/s1. The molecule has 2 nitrogen and oxygen atoms in total. The normalized spacial score (nSPS) is 12.3. The average molecular weight is 298 g/mol. The lowest BCUT2D eigenvalue weighted by molar-refractivity contribution is 0.366. The van der Waals surface area contributed by atoms with E-state index in [0.29, 0.717) is 0 Å². The summed E-state index contributed by atoms with van der Waals surface area (Å²) in [5.74, 6) is 1.18. The Morgan fingerprint density at radius 2 is 1.76 bits per heavy atom. The minimum atomic E-state index is 0.274. The van der Waals surface area contributed by atoms with Crippen molar-refractivity contribution in [3.05, 3.63) is 77.0 Å². The molecule has 1 atom stereocenters. The van der Waals surface area contributed by atoms with Gasteiger partial charge in [-0.2, -0.15) is 0 Å². The van der Waals surface area contributed by atoms with Crippen LogP contribution in [0.5, 0.6) is 0 Å². The van der Waals surface area contributed by atoms with Crippen molar-refractivity contribution in [2.24, 2.45) is 0 Å². The first-order chi connectivity index (χ1) is 10.2. The Bertz CT molecular complexity index is 704. The number of halogens is 1. The molecule has 0 saturated heterocycles. The zero-order valence-corrected chi connectivity index (χ0v) is 12.5. The van der Waals surface area contributed by atoms with Crippen LogP contribution < -0.4 is 0 Å². The molecule has 0 aliphatic heterocycles. The minimum absolute atomic E-state index is 0.274. The summed E-state index contributed by atoms with van der Waals surface area (Å²) in [4.78, 5) is 0. The molecule has 0 amide bonds. The van der Waals surface area contributed by atoms with Crippen LogP contribution in [0.4, 0.5) is 0 Å². The van der Waals surface area contributed by atoms with Gasteiger partial charge in [0.15, 0.2) is 0 Å². The Kier molecular flexibility index (Phi) is 4.07. The lowest BCUT2D eigenvalue weighted by atomic mass is 9.98. The van der Waals surface area contributed by atoms with Crippen LogP contribution in [-0.2, 0) is 6.42 Å². The molecule has 106 valence electrons. The lowest BCUT2D eigenvalue weighted by Crippen LogP contribution is -1.96. The van der Waals surface area contributed by atoms with Gasteiger partial charge in [0.2, 0.25) is 0 Å². The molecule has 3 heteroatoms. The van der Waals surface area contributed by atoms with Crippen LogP contribution in [0.25, 0.3) is 11.3 Å². The van der Waals surface area contributed by atoms with E-state index in [1.807, 2.05) is 60.7 Å². The van der Waals surface area contributed by atoms with Crippen molar-refractivity contribution in [1.29, 1.82) is 0 Å². The molecule has 3 aromatic rings. The molecule has 1 aromatic heterocycles. The van der Waals surface area contributed by atoms with E-state index >= 15 is 0 Å². The summed E-state index contributed by atoms with van der Waals surface area (Å²) in [6.45, 7) is 2.14. The highest BCUT2D eigenvalue weighted by Gasteiger charge is 2.13. The van der Waals surface area contributed by atoms with Gasteiger partial charge in [-0.1, -0.05) is 66.1 Å². The van der Waals surface area contributed by atoms with E-state index in [9.17, 15) is 0 Å². The fourth-order valence-corrected chi connectivity index (χ4v) is 2.47. The van der Waals surface area contributed by atoms with Crippen LogP contribution in [0.15, 0.2) is 65.2 Å². The summed E-state index contributed by atoms with van der Waals surface area (Å²) in [5.41, 5.74) is 3.20. The number of aromatic nitrogens is 1. The summed E-state index contributed by atoms with van der Waals surface area (Å²) >= 11 is 5.91. The molecule has 0 saturated carbocycles. The van der Waals surface area contributed by atoms with Crippen molar-refractivity contribution in [3.8, 4) is 11.3 Å². The van der Waals surface area contributed by atoms with Gasteiger partial charge in [-0.3, -0.25) is 0 Å². The predicted molar refractivity (Wildman–Crippen MR) is 85.5 cm³/mol. The van der Waals surface area contributed by atoms with Crippen molar-refractivity contribution in [1.82, 2.24) is 5.16 Å². The molecule has 0 unspecified atom stereocenters. The minimum Gasteiger partial charge on any atom is -0.360 e. The third-order valence-corrected chi connectivity index (χ3v) is 3.79. The molecule has 0 aliphatic carbocycles. The molecule has 0 bridgehead atoms. The van der Waals surface area contributed by atoms with Crippen molar-refractivity contribution < 1.29 is 4.52 Å². The largest absolute Gasteiger partial charge is 0.360 e. The second-order valence-corrected chi connectivity index (χ2v) is 5.65. The van der Waals surface area contributed by atoms with E-state index in [4.69, 9.17) is 16.1 Å². The summed E-state index contributed by atoms with van der Waals surface area (Å²) in [6.07, 6.45) is 0.903. The topological polar surface area (TPSA) is 26.0 Å². The monoisotopic (exact) mass is 297 g/mol. The van der Waals surface area contributed by atoms with Gasteiger partial charge in [-0.05, 0) is 24.1 Å². The van der Waals surface area contributed by atoms with Gasteiger partial charge in [0.25, 0.3) is 0 Å². The van der Waals surface area contributed by atoms with Gasteiger partial charge in [0, 0.05) is 22.6 Å². The highest BCUT2D eigenvalue weighted by atomic mass is 35.5. The molecular weight excluding hydrogens is 282 g/mol. The maximum Gasteiger partial charge on any atom is 0.140 e. The highest BCUT2D eigenvalue weighted by molar-refractivity contribution is 6.30. The Labute approximate surface area is 129 Å². The molecule has 3 rings (SSSR count). The molecule has 21 heavy (non-hydrogen) atoms. The maximum absolute atomic E-state index is 5.91. The van der Waals surface area contributed by atoms with Gasteiger partial charge >= 0.3 is 0 Å². The van der Waals surface area contributed by atoms with E-state index in [0.717, 1.165) is 28.5 Å². The van der Waals surface area contributed by atoms with Crippen LogP contribution in [0.2, 0.25) is 5.02 Å². The third kappa shape index (κ3) is 3.34. The summed E-state index contributed by atoms with van der Waals surface area (Å²) < 4.78 is 5.50. The third-order valence-electron chi connectivity index (χ3n) is 3.54. The Morgan fingerprint density at radius 1 is 1.05 bits per heavy atom. The highest BCUT2D eigenvalue weighted by Crippen LogP contribution is 2.26. The molecule has 0 spiro atoms. The predicted octanol–water partition coefficient (Wildman–Crippen LogP) is 5.34. The molecule has 0 N–H and O–H groups in total. The molecule has 0 radical (unpaired) electrons. The number of hydrogen-bond donors (Lipinski definition) is 0. The van der Waals surface area contributed by atoms with Gasteiger partial charge in [0.05, 0.1) is 0 Å². The van der Waals surface area contributed by atoms with Gasteiger partial charge in [0.1, 0.15) is 11.5 Å². The number of hydrogen-bond acceptors (Lipinski definition) is 2. The Hall–Kier alpha value is -2.06.